The standard InChI is InChI=1S/C11H19NO2/c1-8(2)7-12-5-4-10(11(13)14)6-9(12)3/h9-10H,1,4-7H2,2-3H3,(H,13,14). The monoisotopic (exact) mass is 197 g/mol. The smallest absolute Gasteiger partial charge is 0.306 e. The van der Waals surface area contributed by atoms with Crippen LogP contribution >= 0.6 is 0 Å². The van der Waals surface area contributed by atoms with Crippen molar-refractivity contribution in [1.29, 1.82) is 0 Å². The fourth-order valence-corrected chi connectivity index (χ4v) is 2.03. The molecule has 0 aromatic rings. The molecule has 1 aliphatic rings. The van der Waals surface area contributed by atoms with Gasteiger partial charge in [0.1, 0.15) is 0 Å². The first-order valence-electron chi connectivity index (χ1n) is 5.12. The van der Waals surface area contributed by atoms with Gasteiger partial charge in [-0.05, 0) is 33.2 Å². The second-order valence-corrected chi connectivity index (χ2v) is 4.34. The zero-order valence-corrected chi connectivity index (χ0v) is 8.99. The number of hydrogen-bond acceptors (Lipinski definition) is 2. The van der Waals surface area contributed by atoms with Crippen molar-refractivity contribution in [2.45, 2.75) is 32.7 Å². The van der Waals surface area contributed by atoms with Crippen LogP contribution in [0.1, 0.15) is 26.7 Å². The second kappa shape index (κ2) is 4.60. The highest BCUT2D eigenvalue weighted by atomic mass is 16.4. The number of rotatable bonds is 3. The summed E-state index contributed by atoms with van der Waals surface area (Å²) in [4.78, 5) is 13.1. The Labute approximate surface area is 85.4 Å². The van der Waals surface area contributed by atoms with Crippen molar-refractivity contribution in [3.63, 3.8) is 0 Å². The summed E-state index contributed by atoms with van der Waals surface area (Å²) in [5.41, 5.74) is 1.14. The largest absolute Gasteiger partial charge is 0.481 e. The van der Waals surface area contributed by atoms with Gasteiger partial charge in [-0.25, -0.2) is 0 Å². The molecule has 1 rings (SSSR count). The third-order valence-electron chi connectivity index (χ3n) is 2.84. The van der Waals surface area contributed by atoms with E-state index in [2.05, 4.69) is 18.4 Å². The molecule has 0 saturated carbocycles. The Morgan fingerprint density at radius 3 is 2.71 bits per heavy atom. The van der Waals surface area contributed by atoms with E-state index in [4.69, 9.17) is 5.11 Å². The molecular weight excluding hydrogens is 178 g/mol. The number of carbonyl (C=O) groups is 1. The van der Waals surface area contributed by atoms with Gasteiger partial charge in [-0.15, -0.1) is 0 Å². The molecule has 3 nitrogen and oxygen atoms in total. The van der Waals surface area contributed by atoms with Crippen molar-refractivity contribution in [1.82, 2.24) is 4.90 Å². The van der Waals surface area contributed by atoms with Gasteiger partial charge in [0, 0.05) is 12.6 Å². The van der Waals surface area contributed by atoms with E-state index in [1.54, 1.807) is 0 Å². The minimum absolute atomic E-state index is 0.147. The fourth-order valence-electron chi connectivity index (χ4n) is 2.03. The van der Waals surface area contributed by atoms with Crippen molar-refractivity contribution in [3.05, 3.63) is 12.2 Å². The van der Waals surface area contributed by atoms with Gasteiger partial charge in [0.25, 0.3) is 0 Å². The first-order chi connectivity index (χ1) is 6.50. The van der Waals surface area contributed by atoms with Gasteiger partial charge in [0.2, 0.25) is 0 Å². The molecule has 2 unspecified atom stereocenters. The van der Waals surface area contributed by atoms with Crippen LogP contribution in [0.3, 0.4) is 0 Å². The van der Waals surface area contributed by atoms with Crippen LogP contribution < -0.4 is 0 Å². The number of likely N-dealkylation sites (tertiary alicyclic amines) is 1. The number of piperidine rings is 1. The summed E-state index contributed by atoms with van der Waals surface area (Å²) in [6.07, 6.45) is 1.54. The lowest BCUT2D eigenvalue weighted by atomic mass is 9.91. The minimum Gasteiger partial charge on any atom is -0.481 e. The van der Waals surface area contributed by atoms with Gasteiger partial charge in [-0.2, -0.15) is 0 Å². The van der Waals surface area contributed by atoms with Gasteiger partial charge in [-0.3, -0.25) is 9.69 Å². The Kier molecular flexibility index (Phi) is 3.69. The molecule has 1 heterocycles. The van der Waals surface area contributed by atoms with Gasteiger partial charge >= 0.3 is 5.97 Å². The zero-order chi connectivity index (χ0) is 10.7. The normalized spacial score (nSPS) is 28.7. The van der Waals surface area contributed by atoms with E-state index in [9.17, 15) is 4.79 Å². The maximum Gasteiger partial charge on any atom is 0.306 e. The van der Waals surface area contributed by atoms with Gasteiger partial charge in [0.05, 0.1) is 5.92 Å². The summed E-state index contributed by atoms with van der Waals surface area (Å²) in [6.45, 7) is 9.76. The van der Waals surface area contributed by atoms with Crippen LogP contribution in [0.15, 0.2) is 12.2 Å². The van der Waals surface area contributed by atoms with Crippen LogP contribution in [0.4, 0.5) is 0 Å². The Hall–Kier alpha value is -0.830. The van der Waals surface area contributed by atoms with E-state index in [1.165, 1.54) is 0 Å². The molecule has 0 aromatic heterocycles. The zero-order valence-electron chi connectivity index (χ0n) is 8.99. The lowest BCUT2D eigenvalue weighted by Gasteiger charge is -2.36. The van der Waals surface area contributed by atoms with E-state index in [1.807, 2.05) is 6.92 Å². The molecule has 0 spiro atoms. The third-order valence-corrected chi connectivity index (χ3v) is 2.84. The molecule has 0 aromatic carbocycles. The number of carboxylic acids is 1. The molecule has 14 heavy (non-hydrogen) atoms. The van der Waals surface area contributed by atoms with E-state index in [0.29, 0.717) is 6.04 Å². The van der Waals surface area contributed by atoms with Gasteiger partial charge in [-0.1, -0.05) is 12.2 Å². The lowest BCUT2D eigenvalue weighted by molar-refractivity contribution is -0.143. The molecule has 1 N–H and O–H groups in total. The number of hydrogen-bond donors (Lipinski definition) is 1. The summed E-state index contributed by atoms with van der Waals surface area (Å²) >= 11 is 0. The van der Waals surface area contributed by atoms with Crippen molar-refractivity contribution >= 4 is 5.97 Å². The lowest BCUT2D eigenvalue weighted by Crippen LogP contribution is -2.43. The highest BCUT2D eigenvalue weighted by Crippen LogP contribution is 2.23. The Morgan fingerprint density at radius 2 is 2.29 bits per heavy atom. The molecule has 3 heteroatoms. The predicted molar refractivity (Wildman–Crippen MR) is 56.2 cm³/mol. The van der Waals surface area contributed by atoms with Crippen LogP contribution in [0.2, 0.25) is 0 Å². The predicted octanol–water partition coefficient (Wildman–Crippen LogP) is 1.75. The molecule has 0 amide bonds. The van der Waals surface area contributed by atoms with Crippen LogP contribution in [0, 0.1) is 5.92 Å². The molecule has 2 atom stereocenters. The maximum atomic E-state index is 10.8. The molecule has 1 aliphatic heterocycles. The van der Waals surface area contributed by atoms with Gasteiger partial charge in [0.15, 0.2) is 0 Å². The Balaban J connectivity index is 2.47. The Bertz CT molecular complexity index is 237. The summed E-state index contributed by atoms with van der Waals surface area (Å²) in [5.74, 6) is -0.793. The van der Waals surface area contributed by atoms with E-state index in [0.717, 1.165) is 31.5 Å². The quantitative estimate of drug-likeness (QED) is 0.701. The highest BCUT2D eigenvalue weighted by Gasteiger charge is 2.29. The van der Waals surface area contributed by atoms with Crippen molar-refractivity contribution in [2.24, 2.45) is 5.92 Å². The third kappa shape index (κ3) is 2.84. The van der Waals surface area contributed by atoms with Gasteiger partial charge < -0.3 is 5.11 Å². The van der Waals surface area contributed by atoms with E-state index in [-0.39, 0.29) is 5.92 Å². The maximum absolute atomic E-state index is 10.8. The SMILES string of the molecule is C=C(C)CN1CCC(C(=O)O)CC1C. The van der Waals surface area contributed by atoms with Crippen molar-refractivity contribution < 1.29 is 9.90 Å². The molecule has 0 aliphatic carbocycles. The number of carboxylic acid groups (broad SMARTS) is 1. The van der Waals surface area contributed by atoms with Crippen LogP contribution in [-0.2, 0) is 4.79 Å². The van der Waals surface area contributed by atoms with Crippen LogP contribution in [-0.4, -0.2) is 35.1 Å². The number of nitrogens with zero attached hydrogens (tertiary/aromatic N) is 1. The van der Waals surface area contributed by atoms with E-state index < -0.39 is 5.97 Å². The summed E-state index contributed by atoms with van der Waals surface area (Å²) in [5, 5.41) is 8.89. The molecule has 80 valence electrons. The number of aliphatic carboxylic acids is 1. The van der Waals surface area contributed by atoms with Crippen molar-refractivity contribution in [2.75, 3.05) is 13.1 Å². The topological polar surface area (TPSA) is 40.5 Å². The first kappa shape index (κ1) is 11.2. The van der Waals surface area contributed by atoms with Crippen molar-refractivity contribution in [3.8, 4) is 0 Å². The average molecular weight is 197 g/mol. The van der Waals surface area contributed by atoms with Crippen LogP contribution in [0.25, 0.3) is 0 Å². The Morgan fingerprint density at radius 1 is 1.64 bits per heavy atom. The average Bonchev–Trinajstić information content (AvgIpc) is 2.07. The molecule has 0 bridgehead atoms. The molecular formula is C11H19NO2. The molecule has 1 fully saturated rings. The minimum atomic E-state index is -0.646. The second-order valence-electron chi connectivity index (χ2n) is 4.34. The molecule has 0 radical (unpaired) electrons. The summed E-state index contributed by atoms with van der Waals surface area (Å²) in [6, 6.07) is 0.363. The first-order valence-corrected chi connectivity index (χ1v) is 5.12. The van der Waals surface area contributed by atoms with E-state index >= 15 is 0 Å². The summed E-state index contributed by atoms with van der Waals surface area (Å²) in [7, 11) is 0. The van der Waals surface area contributed by atoms with Crippen LogP contribution in [0.5, 0.6) is 0 Å². The summed E-state index contributed by atoms with van der Waals surface area (Å²) < 4.78 is 0. The fraction of sp³-hybridized carbons (Fsp3) is 0.727. The highest BCUT2D eigenvalue weighted by molar-refractivity contribution is 5.70. The molecule has 1 saturated heterocycles.